The van der Waals surface area contributed by atoms with Crippen molar-refractivity contribution in [3.63, 3.8) is 0 Å². The number of nitrogens with zero attached hydrogens (tertiary/aromatic N) is 5. The smallest absolute Gasteiger partial charge is 0.256 e. The van der Waals surface area contributed by atoms with Gasteiger partial charge in [-0.05, 0) is 38.0 Å². The summed E-state index contributed by atoms with van der Waals surface area (Å²) in [6, 6.07) is 9.32. The van der Waals surface area contributed by atoms with E-state index in [4.69, 9.17) is 9.51 Å². The molecule has 0 unspecified atom stereocenters. The molecule has 0 bridgehead atoms. The average Bonchev–Trinajstić information content (AvgIpc) is 3.41. The second-order valence-corrected chi connectivity index (χ2v) is 7.41. The minimum Gasteiger partial charge on any atom is -0.339 e. The van der Waals surface area contributed by atoms with Crippen LogP contribution < -0.4 is 5.32 Å². The maximum absolute atomic E-state index is 13.3. The summed E-state index contributed by atoms with van der Waals surface area (Å²) in [5.41, 5.74) is 4.38. The number of anilines is 1. The standard InChI is InChI=1S/C21H20N6O2/c1-11-18-15(10-17(13-8-9-13)23-20(18)27(3)25-11)21(28)24-16-7-5-4-6-14(16)19-22-12(2)29-26-19/h4-7,10,13H,8-9H2,1-3H3,(H,24,28). The van der Waals surface area contributed by atoms with E-state index in [1.165, 1.54) is 0 Å². The van der Waals surface area contributed by atoms with Crippen molar-refractivity contribution in [1.29, 1.82) is 0 Å². The van der Waals surface area contributed by atoms with Crippen LogP contribution in [0.2, 0.25) is 0 Å². The lowest BCUT2D eigenvalue weighted by atomic mass is 10.1. The zero-order valence-electron chi connectivity index (χ0n) is 16.4. The molecule has 29 heavy (non-hydrogen) atoms. The third-order valence-electron chi connectivity index (χ3n) is 5.17. The van der Waals surface area contributed by atoms with Crippen LogP contribution in [0.15, 0.2) is 34.9 Å². The topological polar surface area (TPSA) is 98.7 Å². The summed E-state index contributed by atoms with van der Waals surface area (Å²) in [5.74, 6) is 1.13. The number of benzene rings is 1. The molecular formula is C21H20N6O2. The summed E-state index contributed by atoms with van der Waals surface area (Å²) >= 11 is 0. The summed E-state index contributed by atoms with van der Waals surface area (Å²) in [6.07, 6.45) is 2.22. The minimum absolute atomic E-state index is 0.205. The molecule has 1 aromatic carbocycles. The van der Waals surface area contributed by atoms with E-state index in [0.29, 0.717) is 34.4 Å². The number of fused-ring (bicyclic) bond motifs is 1. The van der Waals surface area contributed by atoms with E-state index in [0.717, 1.165) is 35.3 Å². The lowest BCUT2D eigenvalue weighted by Gasteiger charge is -2.11. The molecule has 3 heterocycles. The van der Waals surface area contributed by atoms with E-state index in [1.54, 1.807) is 11.6 Å². The fourth-order valence-corrected chi connectivity index (χ4v) is 3.62. The molecule has 4 aromatic rings. The Morgan fingerprint density at radius 2 is 2.00 bits per heavy atom. The molecule has 3 aromatic heterocycles. The molecule has 0 aliphatic heterocycles. The van der Waals surface area contributed by atoms with E-state index in [2.05, 4.69) is 20.6 Å². The van der Waals surface area contributed by atoms with Crippen LogP contribution >= 0.6 is 0 Å². The SMILES string of the molecule is Cc1nc(-c2ccccc2NC(=O)c2cc(C3CC3)nc3c2c(C)nn3C)no1. The van der Waals surface area contributed by atoms with Gasteiger partial charge in [0.2, 0.25) is 11.7 Å². The summed E-state index contributed by atoms with van der Waals surface area (Å²) in [7, 11) is 1.86. The van der Waals surface area contributed by atoms with Crippen LogP contribution in [-0.4, -0.2) is 30.8 Å². The molecule has 0 radical (unpaired) electrons. The Morgan fingerprint density at radius 1 is 1.21 bits per heavy atom. The lowest BCUT2D eigenvalue weighted by Crippen LogP contribution is -2.14. The highest BCUT2D eigenvalue weighted by Gasteiger charge is 2.28. The van der Waals surface area contributed by atoms with Crippen molar-refractivity contribution >= 4 is 22.6 Å². The van der Waals surface area contributed by atoms with Crippen LogP contribution in [-0.2, 0) is 7.05 Å². The summed E-state index contributed by atoms with van der Waals surface area (Å²) in [5, 5.41) is 12.3. The number of carbonyl (C=O) groups excluding carboxylic acids is 1. The molecule has 1 saturated carbocycles. The maximum Gasteiger partial charge on any atom is 0.256 e. The van der Waals surface area contributed by atoms with Crippen LogP contribution in [0.25, 0.3) is 22.4 Å². The Balaban J connectivity index is 1.58. The van der Waals surface area contributed by atoms with E-state index >= 15 is 0 Å². The Morgan fingerprint density at radius 3 is 2.72 bits per heavy atom. The molecule has 0 atom stereocenters. The molecule has 1 aliphatic carbocycles. The van der Waals surface area contributed by atoms with Crippen LogP contribution in [0, 0.1) is 13.8 Å². The molecule has 146 valence electrons. The molecule has 8 nitrogen and oxygen atoms in total. The molecule has 0 spiro atoms. The molecule has 1 N–H and O–H groups in total. The zero-order chi connectivity index (χ0) is 20.1. The van der Waals surface area contributed by atoms with Crippen molar-refractivity contribution < 1.29 is 9.32 Å². The number of para-hydroxylation sites is 1. The van der Waals surface area contributed by atoms with Gasteiger partial charge in [0.05, 0.1) is 22.3 Å². The van der Waals surface area contributed by atoms with Gasteiger partial charge in [-0.15, -0.1) is 0 Å². The predicted molar refractivity (Wildman–Crippen MR) is 108 cm³/mol. The molecular weight excluding hydrogens is 368 g/mol. The maximum atomic E-state index is 13.3. The van der Waals surface area contributed by atoms with Gasteiger partial charge in [0.1, 0.15) is 0 Å². The number of hydrogen-bond donors (Lipinski definition) is 1. The van der Waals surface area contributed by atoms with Crippen LogP contribution in [0.1, 0.15) is 46.4 Å². The number of aromatic nitrogens is 5. The summed E-state index contributed by atoms with van der Waals surface area (Å²) in [6.45, 7) is 3.63. The monoisotopic (exact) mass is 388 g/mol. The second-order valence-electron chi connectivity index (χ2n) is 7.41. The van der Waals surface area contributed by atoms with E-state index in [9.17, 15) is 4.79 Å². The fraction of sp³-hybridized carbons (Fsp3) is 0.286. The number of amides is 1. The molecule has 1 aliphatic rings. The molecule has 8 heteroatoms. The number of rotatable bonds is 4. The minimum atomic E-state index is -0.205. The molecule has 5 rings (SSSR count). The Bertz CT molecular complexity index is 1250. The van der Waals surface area contributed by atoms with Gasteiger partial charge in [-0.3, -0.25) is 9.48 Å². The number of nitrogens with one attached hydrogen (secondary N) is 1. The molecule has 0 saturated heterocycles. The van der Waals surface area contributed by atoms with Gasteiger partial charge < -0.3 is 9.84 Å². The highest BCUT2D eigenvalue weighted by atomic mass is 16.5. The first-order valence-electron chi connectivity index (χ1n) is 9.56. The van der Waals surface area contributed by atoms with Crippen molar-refractivity contribution in [2.75, 3.05) is 5.32 Å². The number of pyridine rings is 1. The third kappa shape index (κ3) is 3.06. The van der Waals surface area contributed by atoms with Gasteiger partial charge in [0.25, 0.3) is 5.91 Å². The highest BCUT2D eigenvalue weighted by molar-refractivity contribution is 6.13. The second kappa shape index (κ2) is 6.51. The quantitative estimate of drug-likeness (QED) is 0.571. The van der Waals surface area contributed by atoms with E-state index in [-0.39, 0.29) is 5.91 Å². The van der Waals surface area contributed by atoms with E-state index in [1.807, 2.05) is 44.3 Å². The first-order valence-corrected chi connectivity index (χ1v) is 9.56. The fourth-order valence-electron chi connectivity index (χ4n) is 3.62. The Labute approximate surface area is 166 Å². The third-order valence-corrected chi connectivity index (χ3v) is 5.17. The Kier molecular flexibility index (Phi) is 3.94. The van der Waals surface area contributed by atoms with Crippen LogP contribution in [0.3, 0.4) is 0 Å². The van der Waals surface area contributed by atoms with Gasteiger partial charge in [0, 0.05) is 31.1 Å². The molecule has 1 amide bonds. The van der Waals surface area contributed by atoms with Gasteiger partial charge in [-0.2, -0.15) is 10.1 Å². The average molecular weight is 388 g/mol. The van der Waals surface area contributed by atoms with Crippen LogP contribution in [0.4, 0.5) is 5.69 Å². The first-order chi connectivity index (χ1) is 14.0. The molecule has 1 fully saturated rings. The van der Waals surface area contributed by atoms with Crippen molar-refractivity contribution in [2.24, 2.45) is 7.05 Å². The van der Waals surface area contributed by atoms with Crippen molar-refractivity contribution in [3.05, 3.63) is 53.2 Å². The predicted octanol–water partition coefficient (Wildman–Crippen LogP) is 3.76. The van der Waals surface area contributed by atoms with E-state index < -0.39 is 0 Å². The summed E-state index contributed by atoms with van der Waals surface area (Å²) in [4.78, 5) is 22.4. The normalized spacial score (nSPS) is 13.8. The number of hydrogen-bond acceptors (Lipinski definition) is 6. The van der Waals surface area contributed by atoms with Gasteiger partial charge in [-0.1, -0.05) is 17.3 Å². The van der Waals surface area contributed by atoms with Gasteiger partial charge in [0.15, 0.2) is 5.65 Å². The summed E-state index contributed by atoms with van der Waals surface area (Å²) < 4.78 is 6.84. The van der Waals surface area contributed by atoms with Gasteiger partial charge >= 0.3 is 0 Å². The van der Waals surface area contributed by atoms with Crippen molar-refractivity contribution in [1.82, 2.24) is 24.9 Å². The van der Waals surface area contributed by atoms with Gasteiger partial charge in [-0.25, -0.2) is 4.98 Å². The first kappa shape index (κ1) is 17.5. The van der Waals surface area contributed by atoms with Crippen molar-refractivity contribution in [3.8, 4) is 11.4 Å². The lowest BCUT2D eigenvalue weighted by molar-refractivity contribution is 0.102. The zero-order valence-corrected chi connectivity index (χ0v) is 16.4. The van der Waals surface area contributed by atoms with Crippen molar-refractivity contribution in [2.45, 2.75) is 32.6 Å². The highest BCUT2D eigenvalue weighted by Crippen LogP contribution is 2.40. The van der Waals surface area contributed by atoms with Crippen LogP contribution in [0.5, 0.6) is 0 Å². The Hall–Kier alpha value is -3.55. The number of aryl methyl sites for hydroxylation is 3. The largest absolute Gasteiger partial charge is 0.339 e. The number of carbonyl (C=O) groups is 1.